The van der Waals surface area contributed by atoms with Crippen LogP contribution in [-0.2, 0) is 20.9 Å². The van der Waals surface area contributed by atoms with Gasteiger partial charge in [-0.05, 0) is 17.7 Å². The zero-order valence-corrected chi connectivity index (χ0v) is 12.2. The van der Waals surface area contributed by atoms with Gasteiger partial charge in [-0.1, -0.05) is 0 Å². The van der Waals surface area contributed by atoms with E-state index in [9.17, 15) is 19.7 Å². The number of non-ortho nitro benzene ring substituents is 1. The molecule has 0 aliphatic carbocycles. The van der Waals surface area contributed by atoms with E-state index in [1.807, 2.05) is 0 Å². The van der Waals surface area contributed by atoms with E-state index in [1.54, 1.807) is 17.0 Å². The number of β-lactam (4-membered cyclic amide) rings is 1. The molecule has 1 amide bonds. The molecule has 0 unspecified atom stereocenters. The maximum absolute atomic E-state index is 12.0. The van der Waals surface area contributed by atoms with E-state index in [0.29, 0.717) is 12.1 Å². The van der Waals surface area contributed by atoms with Crippen LogP contribution in [0.4, 0.5) is 5.69 Å². The second kappa shape index (κ2) is 5.58. The Morgan fingerprint density at radius 2 is 2.14 bits per heavy atom. The van der Waals surface area contributed by atoms with Crippen molar-refractivity contribution in [2.45, 2.75) is 23.3 Å². The molecular weight excluding hydrogens is 310 g/mol. The quantitative estimate of drug-likeness (QED) is 0.365. The van der Waals surface area contributed by atoms with Crippen LogP contribution in [0.5, 0.6) is 0 Å². The topological polar surface area (TPSA) is 116 Å². The number of ether oxygens (including phenoxy) is 1. The molecule has 2 aliphatic rings. The smallest absolute Gasteiger partial charge is 0.321 e. The molecule has 22 heavy (non-hydrogen) atoms. The van der Waals surface area contributed by atoms with Crippen molar-refractivity contribution in [3.8, 4) is 0 Å². The largest absolute Gasteiger partial charge is 0.460 e. The normalized spacial score (nSPS) is 26.3. The van der Waals surface area contributed by atoms with Gasteiger partial charge in [0.1, 0.15) is 23.3 Å². The first-order valence-electron chi connectivity index (χ1n) is 6.59. The van der Waals surface area contributed by atoms with Crippen LogP contribution in [0.2, 0.25) is 0 Å². The molecule has 1 aromatic rings. The van der Waals surface area contributed by atoms with E-state index in [0.717, 1.165) is 0 Å². The van der Waals surface area contributed by atoms with Crippen LogP contribution in [0, 0.1) is 10.1 Å². The molecule has 3 rings (SSSR count). The van der Waals surface area contributed by atoms with Gasteiger partial charge < -0.3 is 15.4 Å². The second-order valence-electron chi connectivity index (χ2n) is 5.06. The number of hydrogen-bond donors (Lipinski definition) is 1. The number of esters is 1. The number of nitro benzene ring substituents is 1. The number of nitrogens with zero attached hydrogens (tertiary/aromatic N) is 2. The van der Waals surface area contributed by atoms with Gasteiger partial charge in [-0.3, -0.25) is 19.7 Å². The van der Waals surface area contributed by atoms with Crippen molar-refractivity contribution in [3.63, 3.8) is 0 Å². The van der Waals surface area contributed by atoms with Gasteiger partial charge in [0.25, 0.3) is 5.69 Å². The summed E-state index contributed by atoms with van der Waals surface area (Å²) < 4.78 is 5.20. The lowest BCUT2D eigenvalue weighted by atomic mass is 10.1. The Balaban J connectivity index is 1.53. The Labute approximate surface area is 129 Å². The average molecular weight is 323 g/mol. The predicted molar refractivity (Wildman–Crippen MR) is 77.7 cm³/mol. The van der Waals surface area contributed by atoms with Crippen molar-refractivity contribution in [2.75, 3.05) is 6.54 Å². The fourth-order valence-corrected chi connectivity index (χ4v) is 3.77. The maximum atomic E-state index is 12.0. The van der Waals surface area contributed by atoms with Gasteiger partial charge in [0.2, 0.25) is 5.91 Å². The minimum Gasteiger partial charge on any atom is -0.460 e. The number of benzene rings is 1. The monoisotopic (exact) mass is 323 g/mol. The fourth-order valence-electron chi connectivity index (χ4n) is 2.38. The third-order valence-corrected chi connectivity index (χ3v) is 5.14. The number of carbonyl (C=O) groups is 2. The molecule has 1 aromatic carbocycles. The lowest BCUT2D eigenvalue weighted by molar-refractivity contribution is -0.384. The molecule has 2 aliphatic heterocycles. The molecular formula is C13H13N3O5S. The van der Waals surface area contributed by atoms with Crippen molar-refractivity contribution < 1.29 is 19.2 Å². The third-order valence-electron chi connectivity index (χ3n) is 3.64. The molecule has 116 valence electrons. The van der Waals surface area contributed by atoms with Crippen LogP contribution in [0.25, 0.3) is 0 Å². The second-order valence-corrected chi connectivity index (χ2v) is 6.39. The number of rotatable bonds is 4. The molecule has 0 radical (unpaired) electrons. The molecule has 2 heterocycles. The molecule has 2 N–H and O–H groups in total. The number of thioether (sulfide) groups is 1. The van der Waals surface area contributed by atoms with E-state index in [4.69, 9.17) is 10.5 Å². The van der Waals surface area contributed by atoms with Crippen LogP contribution >= 0.6 is 11.8 Å². The number of carbonyl (C=O) groups excluding carboxylic acids is 2. The lowest BCUT2D eigenvalue weighted by Gasteiger charge is -2.38. The van der Waals surface area contributed by atoms with Crippen molar-refractivity contribution in [1.29, 1.82) is 0 Å². The third kappa shape index (κ3) is 2.53. The van der Waals surface area contributed by atoms with E-state index >= 15 is 0 Å². The number of nitro groups is 1. The van der Waals surface area contributed by atoms with Gasteiger partial charge in [0.15, 0.2) is 0 Å². The highest BCUT2D eigenvalue weighted by atomic mass is 32.2. The predicted octanol–water partition coefficient (Wildman–Crippen LogP) is 0.249. The summed E-state index contributed by atoms with van der Waals surface area (Å²) in [5.41, 5.74) is 6.30. The highest BCUT2D eigenvalue weighted by Crippen LogP contribution is 2.39. The highest BCUT2D eigenvalue weighted by molar-refractivity contribution is 8.01. The number of nitrogens with two attached hydrogens (primary N) is 1. The van der Waals surface area contributed by atoms with E-state index in [-0.39, 0.29) is 23.6 Å². The van der Waals surface area contributed by atoms with Crippen LogP contribution in [-0.4, -0.2) is 44.9 Å². The Morgan fingerprint density at radius 1 is 1.45 bits per heavy atom. The minimum absolute atomic E-state index is 0.0155. The summed E-state index contributed by atoms with van der Waals surface area (Å²) in [6.45, 7) is 0.361. The van der Waals surface area contributed by atoms with Gasteiger partial charge in [0.05, 0.1) is 4.92 Å². The van der Waals surface area contributed by atoms with Crippen molar-refractivity contribution in [1.82, 2.24) is 4.90 Å². The highest BCUT2D eigenvalue weighted by Gasteiger charge is 2.53. The Morgan fingerprint density at radius 3 is 2.73 bits per heavy atom. The standard InChI is InChI=1S/C13H13N3O5S/c14-10-11(17)15-5-9(22-12(10)15)13(18)21-6-7-1-3-8(4-2-7)16(19)20/h1-4,9-10,12H,5-6,14H2/t9-,10+,12+/m0/s1. The first kappa shape index (κ1) is 14.8. The molecule has 9 heteroatoms. The molecule has 2 fully saturated rings. The van der Waals surface area contributed by atoms with Crippen molar-refractivity contribution >= 4 is 29.3 Å². The summed E-state index contributed by atoms with van der Waals surface area (Å²) in [5.74, 6) is -0.541. The van der Waals surface area contributed by atoms with Crippen LogP contribution in [0.1, 0.15) is 5.56 Å². The molecule has 0 bridgehead atoms. The first-order valence-corrected chi connectivity index (χ1v) is 7.53. The van der Waals surface area contributed by atoms with Gasteiger partial charge in [0, 0.05) is 18.7 Å². The summed E-state index contributed by atoms with van der Waals surface area (Å²) >= 11 is 1.34. The van der Waals surface area contributed by atoms with E-state index < -0.39 is 22.2 Å². The molecule has 2 saturated heterocycles. The zero-order valence-electron chi connectivity index (χ0n) is 11.4. The fraction of sp³-hybridized carbons (Fsp3) is 0.385. The Bertz CT molecular complexity index is 635. The van der Waals surface area contributed by atoms with Crippen LogP contribution < -0.4 is 5.73 Å². The van der Waals surface area contributed by atoms with Crippen molar-refractivity contribution in [2.24, 2.45) is 5.73 Å². The van der Waals surface area contributed by atoms with Gasteiger partial charge in [-0.2, -0.15) is 0 Å². The average Bonchev–Trinajstić information content (AvgIpc) is 2.93. The summed E-state index contributed by atoms with van der Waals surface area (Å²) in [6, 6.07) is 5.27. The lowest BCUT2D eigenvalue weighted by Crippen LogP contribution is -2.64. The summed E-state index contributed by atoms with van der Waals surface area (Å²) in [5, 5.41) is 9.98. The molecule has 0 saturated carbocycles. The first-order chi connectivity index (χ1) is 10.5. The minimum atomic E-state index is -0.530. The zero-order chi connectivity index (χ0) is 15.9. The molecule has 8 nitrogen and oxygen atoms in total. The Kier molecular flexibility index (Phi) is 3.75. The summed E-state index contributed by atoms with van der Waals surface area (Å²) in [4.78, 5) is 35.1. The van der Waals surface area contributed by atoms with Crippen LogP contribution in [0.15, 0.2) is 24.3 Å². The number of fused-ring (bicyclic) bond motifs is 1. The van der Waals surface area contributed by atoms with Gasteiger partial charge >= 0.3 is 5.97 Å². The number of amides is 1. The van der Waals surface area contributed by atoms with Gasteiger partial charge in [-0.15, -0.1) is 11.8 Å². The molecule has 0 aromatic heterocycles. The van der Waals surface area contributed by atoms with Crippen molar-refractivity contribution in [3.05, 3.63) is 39.9 Å². The summed E-state index contributed by atoms with van der Waals surface area (Å²) in [7, 11) is 0. The van der Waals surface area contributed by atoms with E-state index in [2.05, 4.69) is 0 Å². The summed E-state index contributed by atoms with van der Waals surface area (Å²) in [6.07, 6.45) is 0. The number of hydrogen-bond acceptors (Lipinski definition) is 7. The van der Waals surface area contributed by atoms with E-state index in [1.165, 1.54) is 23.9 Å². The maximum Gasteiger partial charge on any atom is 0.321 e. The Hall–Kier alpha value is -2.13. The molecule has 3 atom stereocenters. The van der Waals surface area contributed by atoms with Crippen LogP contribution in [0.3, 0.4) is 0 Å². The van der Waals surface area contributed by atoms with Gasteiger partial charge in [-0.25, -0.2) is 0 Å². The SMILES string of the molecule is N[C@@H]1C(=O)N2C[C@@H](C(=O)OCc3ccc([N+](=O)[O-])cc3)S[C@H]12. The molecule has 0 spiro atoms.